The van der Waals surface area contributed by atoms with E-state index in [1.165, 1.54) is 25.7 Å². The van der Waals surface area contributed by atoms with E-state index in [0.717, 1.165) is 12.5 Å². The highest BCUT2D eigenvalue weighted by atomic mass is 16.5. The highest BCUT2D eigenvalue weighted by molar-refractivity contribution is 4.68. The largest absolute Gasteiger partial charge is 0.385 e. The van der Waals surface area contributed by atoms with Crippen LogP contribution in [0.4, 0.5) is 0 Å². The Kier molecular flexibility index (Phi) is 6.40. The zero-order valence-electron chi connectivity index (χ0n) is 10.0. The highest BCUT2D eigenvalue weighted by Gasteiger charge is 2.16. The first-order chi connectivity index (χ1) is 5.98. The maximum atomic E-state index is 5.11. The fourth-order valence-corrected chi connectivity index (χ4v) is 1.49. The van der Waals surface area contributed by atoms with Gasteiger partial charge in [-0.15, -0.1) is 0 Å². The monoisotopic (exact) mass is 186 g/mol. The highest BCUT2D eigenvalue weighted by Crippen LogP contribution is 2.28. The molecule has 0 rings (SSSR count). The van der Waals surface area contributed by atoms with E-state index in [1.807, 2.05) is 0 Å². The van der Waals surface area contributed by atoms with Gasteiger partial charge in [-0.05, 0) is 24.2 Å². The van der Waals surface area contributed by atoms with Gasteiger partial charge in [-0.25, -0.2) is 0 Å². The molecule has 0 unspecified atom stereocenters. The van der Waals surface area contributed by atoms with Crippen LogP contribution in [-0.2, 0) is 4.74 Å². The summed E-state index contributed by atoms with van der Waals surface area (Å²) < 4.78 is 5.11. The molecule has 0 heterocycles. The van der Waals surface area contributed by atoms with Gasteiger partial charge in [0.2, 0.25) is 0 Å². The Balaban J connectivity index is 3.50. The molecule has 0 saturated carbocycles. The van der Waals surface area contributed by atoms with Gasteiger partial charge in [0, 0.05) is 13.7 Å². The van der Waals surface area contributed by atoms with Crippen LogP contribution in [0.25, 0.3) is 0 Å². The molecule has 0 N–H and O–H groups in total. The van der Waals surface area contributed by atoms with Crippen LogP contribution >= 0.6 is 0 Å². The molecule has 0 bridgehead atoms. The smallest absolute Gasteiger partial charge is 0.0467 e. The van der Waals surface area contributed by atoms with Crippen molar-refractivity contribution in [3.63, 3.8) is 0 Å². The fraction of sp³-hybridized carbons (Fsp3) is 1.00. The van der Waals surface area contributed by atoms with Crippen LogP contribution in [0.3, 0.4) is 0 Å². The molecule has 0 spiro atoms. The Hall–Kier alpha value is -0.0400. The first-order valence-corrected chi connectivity index (χ1v) is 5.47. The number of hydrogen-bond donors (Lipinski definition) is 0. The van der Waals surface area contributed by atoms with E-state index in [1.54, 1.807) is 7.11 Å². The Morgan fingerprint density at radius 1 is 1.15 bits per heavy atom. The third kappa shape index (κ3) is 8.29. The quantitative estimate of drug-likeness (QED) is 0.586. The van der Waals surface area contributed by atoms with E-state index in [-0.39, 0.29) is 0 Å². The van der Waals surface area contributed by atoms with Crippen LogP contribution in [0, 0.1) is 11.3 Å². The Morgan fingerprint density at radius 3 is 2.23 bits per heavy atom. The Morgan fingerprint density at radius 2 is 1.77 bits per heavy atom. The maximum Gasteiger partial charge on any atom is 0.0467 e. The minimum atomic E-state index is 0.463. The van der Waals surface area contributed by atoms with Gasteiger partial charge in [-0.3, -0.25) is 0 Å². The standard InChI is InChI=1S/C12H26O/c1-11(2)7-6-8-12(3,4)9-10-13-5/h11H,6-10H2,1-5H3. The van der Waals surface area contributed by atoms with Gasteiger partial charge in [-0.2, -0.15) is 0 Å². The Labute approximate surface area is 83.9 Å². The molecule has 0 fully saturated rings. The minimum absolute atomic E-state index is 0.463. The summed E-state index contributed by atoms with van der Waals surface area (Å²) in [6, 6.07) is 0. The van der Waals surface area contributed by atoms with E-state index in [4.69, 9.17) is 4.74 Å². The van der Waals surface area contributed by atoms with Crippen molar-refractivity contribution >= 4 is 0 Å². The molecule has 0 aromatic rings. The van der Waals surface area contributed by atoms with Crippen molar-refractivity contribution in [2.24, 2.45) is 11.3 Å². The molecule has 1 nitrogen and oxygen atoms in total. The lowest BCUT2D eigenvalue weighted by atomic mass is 9.83. The van der Waals surface area contributed by atoms with Crippen LogP contribution in [0.2, 0.25) is 0 Å². The summed E-state index contributed by atoms with van der Waals surface area (Å²) >= 11 is 0. The van der Waals surface area contributed by atoms with E-state index in [0.29, 0.717) is 5.41 Å². The van der Waals surface area contributed by atoms with Crippen LogP contribution in [0.5, 0.6) is 0 Å². The van der Waals surface area contributed by atoms with Gasteiger partial charge in [-0.1, -0.05) is 40.5 Å². The Bertz CT molecular complexity index is 116. The summed E-state index contributed by atoms with van der Waals surface area (Å²) in [5.74, 6) is 0.846. The average Bonchev–Trinajstić information content (AvgIpc) is 2.00. The molecule has 13 heavy (non-hydrogen) atoms. The van der Waals surface area contributed by atoms with Crippen LogP contribution in [0.15, 0.2) is 0 Å². The van der Waals surface area contributed by atoms with Crippen molar-refractivity contribution in [2.75, 3.05) is 13.7 Å². The third-order valence-electron chi connectivity index (χ3n) is 2.62. The predicted octanol–water partition coefficient (Wildman–Crippen LogP) is 3.88. The molecule has 1 heteroatoms. The first kappa shape index (κ1) is 13.0. The van der Waals surface area contributed by atoms with Crippen LogP contribution in [-0.4, -0.2) is 13.7 Å². The summed E-state index contributed by atoms with van der Waals surface area (Å²) in [6.07, 6.45) is 5.22. The third-order valence-corrected chi connectivity index (χ3v) is 2.62. The molecule has 0 aromatic carbocycles. The zero-order valence-corrected chi connectivity index (χ0v) is 10.0. The number of rotatable bonds is 7. The molecule has 0 aliphatic rings. The summed E-state index contributed by atoms with van der Waals surface area (Å²) in [5.41, 5.74) is 0.463. The molecule has 0 amide bonds. The number of ether oxygens (including phenoxy) is 1. The summed E-state index contributed by atoms with van der Waals surface area (Å²) in [5, 5.41) is 0. The normalized spacial score (nSPS) is 12.5. The second-order valence-electron chi connectivity index (χ2n) is 5.19. The van der Waals surface area contributed by atoms with Crippen molar-refractivity contribution in [1.82, 2.24) is 0 Å². The van der Waals surface area contributed by atoms with Crippen LogP contribution in [0.1, 0.15) is 53.4 Å². The maximum absolute atomic E-state index is 5.11. The fourth-order valence-electron chi connectivity index (χ4n) is 1.49. The molecular formula is C12H26O. The van der Waals surface area contributed by atoms with Crippen molar-refractivity contribution < 1.29 is 4.74 Å². The van der Waals surface area contributed by atoms with E-state index in [2.05, 4.69) is 27.7 Å². The zero-order chi connectivity index (χ0) is 10.3. The first-order valence-electron chi connectivity index (χ1n) is 5.47. The van der Waals surface area contributed by atoms with Crippen molar-refractivity contribution in [3.05, 3.63) is 0 Å². The lowest BCUT2D eigenvalue weighted by Crippen LogP contribution is -2.14. The molecular weight excluding hydrogens is 160 g/mol. The molecule has 0 aromatic heterocycles. The summed E-state index contributed by atoms with van der Waals surface area (Å²) in [4.78, 5) is 0. The van der Waals surface area contributed by atoms with Crippen LogP contribution < -0.4 is 0 Å². The van der Waals surface area contributed by atoms with E-state index in [9.17, 15) is 0 Å². The van der Waals surface area contributed by atoms with Crippen molar-refractivity contribution in [1.29, 1.82) is 0 Å². The molecule has 0 aliphatic heterocycles. The second-order valence-corrected chi connectivity index (χ2v) is 5.19. The predicted molar refractivity (Wildman–Crippen MR) is 59.0 cm³/mol. The molecule has 0 aliphatic carbocycles. The van der Waals surface area contributed by atoms with Gasteiger partial charge < -0.3 is 4.74 Å². The SMILES string of the molecule is COCCC(C)(C)CCCC(C)C. The van der Waals surface area contributed by atoms with E-state index < -0.39 is 0 Å². The topological polar surface area (TPSA) is 9.23 Å². The minimum Gasteiger partial charge on any atom is -0.385 e. The van der Waals surface area contributed by atoms with Gasteiger partial charge in [0.05, 0.1) is 0 Å². The summed E-state index contributed by atoms with van der Waals surface area (Å²) in [6.45, 7) is 10.2. The summed E-state index contributed by atoms with van der Waals surface area (Å²) in [7, 11) is 1.78. The second kappa shape index (κ2) is 6.42. The number of methoxy groups -OCH3 is 1. The van der Waals surface area contributed by atoms with E-state index >= 15 is 0 Å². The van der Waals surface area contributed by atoms with Gasteiger partial charge in [0.1, 0.15) is 0 Å². The molecule has 0 radical (unpaired) electrons. The lowest BCUT2D eigenvalue weighted by Gasteiger charge is -2.24. The lowest BCUT2D eigenvalue weighted by molar-refractivity contribution is 0.145. The molecule has 0 saturated heterocycles. The van der Waals surface area contributed by atoms with Crippen molar-refractivity contribution in [3.8, 4) is 0 Å². The van der Waals surface area contributed by atoms with Gasteiger partial charge in [0.25, 0.3) is 0 Å². The molecule has 80 valence electrons. The van der Waals surface area contributed by atoms with Crippen molar-refractivity contribution in [2.45, 2.75) is 53.4 Å². The van der Waals surface area contributed by atoms with Gasteiger partial charge in [0.15, 0.2) is 0 Å². The number of hydrogen-bond acceptors (Lipinski definition) is 1. The van der Waals surface area contributed by atoms with Gasteiger partial charge >= 0.3 is 0 Å². The average molecular weight is 186 g/mol. The molecule has 0 atom stereocenters.